The van der Waals surface area contributed by atoms with Crippen molar-refractivity contribution in [2.75, 3.05) is 7.11 Å². The quantitative estimate of drug-likeness (QED) is 0.419. The first-order chi connectivity index (χ1) is 16.0. The van der Waals surface area contributed by atoms with Gasteiger partial charge in [0, 0.05) is 15.9 Å². The highest BCUT2D eigenvalue weighted by Gasteiger charge is 2.47. The average Bonchev–Trinajstić information content (AvgIpc) is 3.37. The summed E-state index contributed by atoms with van der Waals surface area (Å²) in [5, 5.41) is 11.7. The number of hydrogen-bond donors (Lipinski definition) is 1. The van der Waals surface area contributed by atoms with E-state index < -0.39 is 23.5 Å². The molecule has 1 N–H and O–H groups in total. The monoisotopic (exact) mass is 509 g/mol. The minimum atomic E-state index is -0.705. The third kappa shape index (κ3) is 3.84. The average molecular weight is 510 g/mol. The Morgan fingerprint density at radius 1 is 1.12 bits per heavy atom. The zero-order valence-electron chi connectivity index (χ0n) is 18.2. The number of carbonyl (C=O) groups is 2. The molecule has 0 bridgehead atoms. The summed E-state index contributed by atoms with van der Waals surface area (Å²) in [6, 6.07) is 13.7. The molecule has 0 spiro atoms. The van der Waals surface area contributed by atoms with E-state index in [-0.39, 0.29) is 17.4 Å². The Hall–Kier alpha value is -3.06. The zero-order valence-corrected chi connectivity index (χ0v) is 19.8. The largest absolute Gasteiger partial charge is 0.503 e. The van der Waals surface area contributed by atoms with Gasteiger partial charge in [0.05, 0.1) is 18.7 Å². The second kappa shape index (κ2) is 8.71. The summed E-state index contributed by atoms with van der Waals surface area (Å²) in [5.74, 6) is -0.776. The molecule has 0 saturated heterocycles. The standard InChI is InChI=1S/C26H24BrNO5/c1-32-19-9-5-6-15(13-19)23-22(25(30)26(31)28(23)18-7-3-2-4-8-18)24(29)21-14-16-12-17(27)10-11-20(16)33-21/h5-6,9-14,18,23,30H,2-4,7-8H2,1H3. The summed E-state index contributed by atoms with van der Waals surface area (Å²) >= 11 is 3.43. The molecule has 1 aliphatic heterocycles. The number of rotatable bonds is 5. The highest BCUT2D eigenvalue weighted by molar-refractivity contribution is 9.10. The molecule has 3 aromatic rings. The number of hydrogen-bond acceptors (Lipinski definition) is 5. The maximum atomic E-state index is 13.7. The van der Waals surface area contributed by atoms with E-state index in [2.05, 4.69) is 15.9 Å². The molecule has 1 aliphatic carbocycles. The molecule has 1 saturated carbocycles. The van der Waals surface area contributed by atoms with Gasteiger partial charge in [0.15, 0.2) is 11.5 Å². The van der Waals surface area contributed by atoms with Crippen LogP contribution in [0.3, 0.4) is 0 Å². The van der Waals surface area contributed by atoms with E-state index in [0.29, 0.717) is 11.3 Å². The van der Waals surface area contributed by atoms with Crippen LogP contribution in [0.4, 0.5) is 0 Å². The van der Waals surface area contributed by atoms with Crippen molar-refractivity contribution < 1.29 is 23.8 Å². The molecule has 170 valence electrons. The summed E-state index contributed by atoms with van der Waals surface area (Å²) in [6.45, 7) is 0. The van der Waals surface area contributed by atoms with E-state index in [1.54, 1.807) is 24.1 Å². The first-order valence-electron chi connectivity index (χ1n) is 11.1. The van der Waals surface area contributed by atoms with Crippen LogP contribution in [0.2, 0.25) is 0 Å². The number of carbonyl (C=O) groups excluding carboxylic acids is 2. The van der Waals surface area contributed by atoms with Crippen molar-refractivity contribution in [3.8, 4) is 5.75 Å². The Balaban J connectivity index is 1.61. The number of aliphatic hydroxyl groups is 1. The van der Waals surface area contributed by atoms with Crippen molar-refractivity contribution in [1.29, 1.82) is 0 Å². The van der Waals surface area contributed by atoms with Crippen LogP contribution >= 0.6 is 15.9 Å². The third-order valence-electron chi connectivity index (χ3n) is 6.57. The Kier molecular flexibility index (Phi) is 5.74. The van der Waals surface area contributed by atoms with Gasteiger partial charge in [0.1, 0.15) is 11.3 Å². The lowest BCUT2D eigenvalue weighted by molar-refractivity contribution is -0.132. The summed E-state index contributed by atoms with van der Waals surface area (Å²) < 4.78 is 12.1. The number of Topliss-reactive ketones (excluding diaryl/α,β-unsaturated/α-hetero) is 1. The lowest BCUT2D eigenvalue weighted by Crippen LogP contribution is -2.41. The van der Waals surface area contributed by atoms with Crippen LogP contribution in [-0.4, -0.2) is 34.8 Å². The highest BCUT2D eigenvalue weighted by atomic mass is 79.9. The Morgan fingerprint density at radius 2 is 1.91 bits per heavy atom. The fourth-order valence-corrected chi connectivity index (χ4v) is 5.37. The van der Waals surface area contributed by atoms with Gasteiger partial charge in [-0.2, -0.15) is 0 Å². The number of halogens is 1. The lowest BCUT2D eigenvalue weighted by Gasteiger charge is -2.36. The first kappa shape index (κ1) is 21.8. The molecule has 1 aromatic heterocycles. The minimum Gasteiger partial charge on any atom is -0.503 e. The van der Waals surface area contributed by atoms with Crippen molar-refractivity contribution in [3.05, 3.63) is 75.7 Å². The van der Waals surface area contributed by atoms with Crippen molar-refractivity contribution in [3.63, 3.8) is 0 Å². The van der Waals surface area contributed by atoms with Gasteiger partial charge >= 0.3 is 0 Å². The topological polar surface area (TPSA) is 80.0 Å². The van der Waals surface area contributed by atoms with Gasteiger partial charge in [0.2, 0.25) is 5.78 Å². The lowest BCUT2D eigenvalue weighted by atomic mass is 9.90. The summed E-state index contributed by atoms with van der Waals surface area (Å²) in [7, 11) is 1.57. The molecule has 6 nitrogen and oxygen atoms in total. The van der Waals surface area contributed by atoms with Crippen molar-refractivity contribution in [2.45, 2.75) is 44.2 Å². The minimum absolute atomic E-state index is 0.0403. The number of aliphatic hydroxyl groups excluding tert-OH is 1. The molecule has 33 heavy (non-hydrogen) atoms. The van der Waals surface area contributed by atoms with Gasteiger partial charge in [-0.1, -0.05) is 47.3 Å². The molecule has 0 radical (unpaired) electrons. The smallest absolute Gasteiger partial charge is 0.290 e. The number of nitrogens with zero attached hydrogens (tertiary/aromatic N) is 1. The van der Waals surface area contributed by atoms with Gasteiger partial charge in [-0.3, -0.25) is 9.59 Å². The van der Waals surface area contributed by atoms with Crippen LogP contribution in [0.5, 0.6) is 5.75 Å². The molecule has 2 aromatic carbocycles. The molecule has 2 aliphatic rings. The Morgan fingerprint density at radius 3 is 2.67 bits per heavy atom. The molecule has 1 atom stereocenters. The fraction of sp³-hybridized carbons (Fsp3) is 0.308. The molecule has 2 heterocycles. The number of furan rings is 1. The SMILES string of the molecule is COc1cccc(C2C(C(=O)c3cc4cc(Br)ccc4o3)=C(O)C(=O)N2C2CCCCC2)c1. The number of amides is 1. The predicted octanol–water partition coefficient (Wildman–Crippen LogP) is 6.11. The van der Waals surface area contributed by atoms with Gasteiger partial charge in [-0.15, -0.1) is 0 Å². The number of ether oxygens (including phenoxy) is 1. The van der Waals surface area contributed by atoms with Crippen LogP contribution < -0.4 is 4.74 Å². The third-order valence-corrected chi connectivity index (χ3v) is 7.06. The maximum Gasteiger partial charge on any atom is 0.290 e. The van der Waals surface area contributed by atoms with E-state index in [4.69, 9.17) is 9.15 Å². The van der Waals surface area contributed by atoms with Crippen molar-refractivity contribution >= 4 is 38.6 Å². The Labute approximate surface area is 200 Å². The van der Waals surface area contributed by atoms with Crippen LogP contribution in [0, 0.1) is 0 Å². The van der Waals surface area contributed by atoms with Crippen LogP contribution in [0.1, 0.15) is 54.3 Å². The molecule has 1 fully saturated rings. The fourth-order valence-electron chi connectivity index (χ4n) is 4.99. The van der Waals surface area contributed by atoms with Crippen LogP contribution in [0.15, 0.2) is 68.8 Å². The zero-order chi connectivity index (χ0) is 23.1. The van der Waals surface area contributed by atoms with Crippen molar-refractivity contribution in [2.24, 2.45) is 0 Å². The van der Waals surface area contributed by atoms with E-state index in [0.717, 1.165) is 47.5 Å². The number of fused-ring (bicyclic) bond motifs is 1. The summed E-state index contributed by atoms with van der Waals surface area (Å²) in [6.07, 6.45) is 4.85. The van der Waals surface area contributed by atoms with Gasteiger partial charge in [0.25, 0.3) is 5.91 Å². The second-order valence-corrected chi connectivity index (χ2v) is 9.48. The van der Waals surface area contributed by atoms with E-state index in [1.165, 1.54) is 0 Å². The molecule has 1 unspecified atom stereocenters. The number of benzene rings is 2. The molecular formula is C26H24BrNO5. The predicted molar refractivity (Wildman–Crippen MR) is 127 cm³/mol. The summed E-state index contributed by atoms with van der Waals surface area (Å²) in [4.78, 5) is 28.7. The molecule has 1 amide bonds. The molecule has 5 rings (SSSR count). The van der Waals surface area contributed by atoms with Crippen LogP contribution in [-0.2, 0) is 4.79 Å². The summed E-state index contributed by atoms with van der Waals surface area (Å²) in [5.41, 5.74) is 1.34. The van der Waals surface area contributed by atoms with E-state index >= 15 is 0 Å². The number of methoxy groups -OCH3 is 1. The Bertz CT molecular complexity index is 1270. The second-order valence-electron chi connectivity index (χ2n) is 8.57. The number of ketones is 1. The van der Waals surface area contributed by atoms with Crippen molar-refractivity contribution in [1.82, 2.24) is 4.90 Å². The van der Waals surface area contributed by atoms with Gasteiger partial charge in [-0.05, 0) is 54.8 Å². The highest BCUT2D eigenvalue weighted by Crippen LogP contribution is 2.43. The van der Waals surface area contributed by atoms with E-state index in [9.17, 15) is 14.7 Å². The van der Waals surface area contributed by atoms with Gasteiger partial charge < -0.3 is 19.2 Å². The first-order valence-corrected chi connectivity index (χ1v) is 11.9. The normalized spacial score (nSPS) is 19.5. The maximum absolute atomic E-state index is 13.7. The van der Waals surface area contributed by atoms with Crippen LogP contribution in [0.25, 0.3) is 11.0 Å². The molecule has 7 heteroatoms. The van der Waals surface area contributed by atoms with E-state index in [1.807, 2.05) is 36.4 Å². The molecular weight excluding hydrogens is 486 g/mol. The van der Waals surface area contributed by atoms with Gasteiger partial charge in [-0.25, -0.2) is 0 Å².